The van der Waals surface area contributed by atoms with E-state index in [1.54, 1.807) is 24.0 Å². The molecule has 0 spiro atoms. The zero-order chi connectivity index (χ0) is 16.7. The van der Waals surface area contributed by atoms with E-state index in [0.29, 0.717) is 23.5 Å². The van der Waals surface area contributed by atoms with Crippen molar-refractivity contribution in [1.29, 1.82) is 0 Å². The Labute approximate surface area is 133 Å². The summed E-state index contributed by atoms with van der Waals surface area (Å²) in [4.78, 5) is 14.3. The second kappa shape index (κ2) is 5.66. The SMILES string of the molecule is Cc1ccc(C)c(S(=O)(=O)N2CCN(C(C)(C)C)C(=O)C2)c1. The molecule has 1 aliphatic heterocycles. The van der Waals surface area contributed by atoms with Crippen LogP contribution in [-0.2, 0) is 14.8 Å². The molecule has 0 bridgehead atoms. The zero-order valence-electron chi connectivity index (χ0n) is 13.9. The molecule has 1 heterocycles. The lowest BCUT2D eigenvalue weighted by atomic mass is 10.1. The van der Waals surface area contributed by atoms with Crippen molar-refractivity contribution in [2.45, 2.75) is 45.1 Å². The molecule has 1 aromatic carbocycles. The van der Waals surface area contributed by atoms with Gasteiger partial charge in [0.1, 0.15) is 0 Å². The number of rotatable bonds is 2. The molecule has 122 valence electrons. The fourth-order valence-electron chi connectivity index (χ4n) is 2.69. The lowest BCUT2D eigenvalue weighted by molar-refractivity contribution is -0.139. The van der Waals surface area contributed by atoms with Gasteiger partial charge in [0.05, 0.1) is 11.4 Å². The predicted molar refractivity (Wildman–Crippen MR) is 86.1 cm³/mol. The van der Waals surface area contributed by atoms with Gasteiger partial charge in [-0.3, -0.25) is 4.79 Å². The van der Waals surface area contributed by atoms with Crippen molar-refractivity contribution in [1.82, 2.24) is 9.21 Å². The van der Waals surface area contributed by atoms with Gasteiger partial charge in [-0.2, -0.15) is 4.31 Å². The number of amides is 1. The van der Waals surface area contributed by atoms with Crippen LogP contribution in [-0.4, -0.2) is 48.7 Å². The smallest absolute Gasteiger partial charge is 0.243 e. The molecule has 5 nitrogen and oxygen atoms in total. The number of aryl methyl sites for hydroxylation is 2. The summed E-state index contributed by atoms with van der Waals surface area (Å²) in [5.41, 5.74) is 1.31. The molecular formula is C16H24N2O3S. The lowest BCUT2D eigenvalue weighted by Gasteiger charge is -2.41. The first-order valence-electron chi connectivity index (χ1n) is 7.41. The Morgan fingerprint density at radius 2 is 1.73 bits per heavy atom. The van der Waals surface area contributed by atoms with E-state index < -0.39 is 10.0 Å². The van der Waals surface area contributed by atoms with Crippen LogP contribution in [0.3, 0.4) is 0 Å². The monoisotopic (exact) mass is 324 g/mol. The minimum atomic E-state index is -3.63. The maximum absolute atomic E-state index is 12.8. The van der Waals surface area contributed by atoms with E-state index in [1.807, 2.05) is 33.8 Å². The highest BCUT2D eigenvalue weighted by molar-refractivity contribution is 7.89. The molecule has 1 fully saturated rings. The molecular weight excluding hydrogens is 300 g/mol. The highest BCUT2D eigenvalue weighted by Gasteiger charge is 2.37. The maximum atomic E-state index is 12.8. The minimum absolute atomic E-state index is 0.0903. The number of hydrogen-bond donors (Lipinski definition) is 0. The Kier molecular flexibility index (Phi) is 4.37. The fraction of sp³-hybridized carbons (Fsp3) is 0.562. The second-order valence-corrected chi connectivity index (χ2v) is 8.73. The van der Waals surface area contributed by atoms with Gasteiger partial charge in [0.15, 0.2) is 0 Å². The van der Waals surface area contributed by atoms with Crippen LogP contribution >= 0.6 is 0 Å². The Morgan fingerprint density at radius 1 is 1.09 bits per heavy atom. The average molecular weight is 324 g/mol. The van der Waals surface area contributed by atoms with Crippen molar-refractivity contribution in [3.8, 4) is 0 Å². The summed E-state index contributed by atoms with van der Waals surface area (Å²) in [6.07, 6.45) is 0. The fourth-order valence-corrected chi connectivity index (χ4v) is 4.38. The third-order valence-electron chi connectivity index (χ3n) is 3.96. The largest absolute Gasteiger partial charge is 0.335 e. The molecule has 2 rings (SSSR count). The standard InChI is InChI=1S/C16H24N2O3S/c1-12-6-7-13(2)14(10-12)22(20,21)17-8-9-18(15(19)11-17)16(3,4)5/h6-7,10H,8-9,11H2,1-5H3. The third-order valence-corrected chi connectivity index (χ3v) is 5.94. The van der Waals surface area contributed by atoms with Crippen molar-refractivity contribution >= 4 is 15.9 Å². The van der Waals surface area contributed by atoms with Crippen LogP contribution < -0.4 is 0 Å². The van der Waals surface area contributed by atoms with E-state index in [4.69, 9.17) is 0 Å². The number of piperazine rings is 1. The molecule has 0 aliphatic carbocycles. The van der Waals surface area contributed by atoms with E-state index in [2.05, 4.69) is 0 Å². The van der Waals surface area contributed by atoms with E-state index >= 15 is 0 Å². The Hall–Kier alpha value is -1.40. The van der Waals surface area contributed by atoms with Gasteiger partial charge in [-0.15, -0.1) is 0 Å². The van der Waals surface area contributed by atoms with Gasteiger partial charge in [0.25, 0.3) is 0 Å². The Balaban J connectivity index is 2.30. The Morgan fingerprint density at radius 3 is 2.27 bits per heavy atom. The molecule has 22 heavy (non-hydrogen) atoms. The summed E-state index contributed by atoms with van der Waals surface area (Å²) in [7, 11) is -3.63. The average Bonchev–Trinajstić information content (AvgIpc) is 2.39. The van der Waals surface area contributed by atoms with Gasteiger partial charge in [0, 0.05) is 18.6 Å². The molecule has 1 saturated heterocycles. The normalized spacial score (nSPS) is 17.9. The van der Waals surface area contributed by atoms with Crippen molar-refractivity contribution in [3.05, 3.63) is 29.3 Å². The highest BCUT2D eigenvalue weighted by Crippen LogP contribution is 2.24. The Bertz CT molecular complexity index is 690. The first-order chi connectivity index (χ1) is 10.0. The van der Waals surface area contributed by atoms with Crippen LogP contribution in [0.2, 0.25) is 0 Å². The summed E-state index contributed by atoms with van der Waals surface area (Å²) in [5.74, 6) is -0.146. The van der Waals surface area contributed by atoms with Crippen LogP contribution in [0.4, 0.5) is 0 Å². The number of carbonyl (C=O) groups is 1. The van der Waals surface area contributed by atoms with Gasteiger partial charge in [-0.05, 0) is 51.8 Å². The second-order valence-electron chi connectivity index (χ2n) is 6.82. The molecule has 0 saturated carbocycles. The van der Waals surface area contributed by atoms with Crippen molar-refractivity contribution < 1.29 is 13.2 Å². The molecule has 1 aromatic rings. The molecule has 1 aliphatic rings. The van der Waals surface area contributed by atoms with Gasteiger partial charge in [-0.1, -0.05) is 12.1 Å². The van der Waals surface area contributed by atoms with Crippen molar-refractivity contribution in [2.75, 3.05) is 19.6 Å². The summed E-state index contributed by atoms with van der Waals surface area (Å²) in [5, 5.41) is 0. The number of nitrogens with zero attached hydrogens (tertiary/aromatic N) is 2. The molecule has 1 amide bonds. The zero-order valence-corrected chi connectivity index (χ0v) is 14.7. The predicted octanol–water partition coefficient (Wildman–Crippen LogP) is 1.93. The van der Waals surface area contributed by atoms with Crippen LogP contribution in [0, 0.1) is 13.8 Å². The number of sulfonamides is 1. The van der Waals surface area contributed by atoms with Crippen LogP contribution in [0.1, 0.15) is 31.9 Å². The molecule has 0 unspecified atom stereocenters. The van der Waals surface area contributed by atoms with Gasteiger partial charge >= 0.3 is 0 Å². The molecule has 0 N–H and O–H groups in total. The quantitative estimate of drug-likeness (QED) is 0.835. The first kappa shape index (κ1) is 17.0. The number of hydrogen-bond acceptors (Lipinski definition) is 3. The van der Waals surface area contributed by atoms with E-state index in [1.165, 1.54) is 4.31 Å². The van der Waals surface area contributed by atoms with Gasteiger partial charge in [-0.25, -0.2) is 8.42 Å². The van der Waals surface area contributed by atoms with Crippen molar-refractivity contribution in [2.24, 2.45) is 0 Å². The van der Waals surface area contributed by atoms with Crippen molar-refractivity contribution in [3.63, 3.8) is 0 Å². The maximum Gasteiger partial charge on any atom is 0.243 e. The lowest BCUT2D eigenvalue weighted by Crippen LogP contribution is -2.57. The highest BCUT2D eigenvalue weighted by atomic mass is 32.2. The molecule has 6 heteroatoms. The number of carbonyl (C=O) groups excluding carboxylic acids is 1. The van der Waals surface area contributed by atoms with Crippen LogP contribution in [0.5, 0.6) is 0 Å². The van der Waals surface area contributed by atoms with E-state index in [0.717, 1.165) is 5.56 Å². The van der Waals surface area contributed by atoms with Gasteiger partial charge < -0.3 is 4.90 Å². The minimum Gasteiger partial charge on any atom is -0.335 e. The first-order valence-corrected chi connectivity index (χ1v) is 8.85. The van der Waals surface area contributed by atoms with E-state index in [-0.39, 0.29) is 18.0 Å². The van der Waals surface area contributed by atoms with Crippen LogP contribution in [0.25, 0.3) is 0 Å². The summed E-state index contributed by atoms with van der Waals surface area (Å²) >= 11 is 0. The van der Waals surface area contributed by atoms with Crippen LogP contribution in [0.15, 0.2) is 23.1 Å². The topological polar surface area (TPSA) is 57.7 Å². The summed E-state index contributed by atoms with van der Waals surface area (Å²) in [6, 6.07) is 5.36. The summed E-state index contributed by atoms with van der Waals surface area (Å²) in [6.45, 7) is 10.2. The van der Waals surface area contributed by atoms with Gasteiger partial charge in [0.2, 0.25) is 15.9 Å². The summed E-state index contributed by atoms with van der Waals surface area (Å²) < 4.78 is 26.9. The molecule has 0 atom stereocenters. The van der Waals surface area contributed by atoms with E-state index in [9.17, 15) is 13.2 Å². The molecule has 0 aromatic heterocycles. The number of benzene rings is 1. The molecule has 0 radical (unpaired) electrons. The third kappa shape index (κ3) is 3.17.